The number of carboxylic acids is 1. The highest BCUT2D eigenvalue weighted by atomic mass is 16.4. The van der Waals surface area contributed by atoms with E-state index in [4.69, 9.17) is 0 Å². The van der Waals surface area contributed by atoms with Gasteiger partial charge in [-0.1, -0.05) is 94.4 Å². The van der Waals surface area contributed by atoms with E-state index in [0.717, 1.165) is 42.7 Å². The Labute approximate surface area is 260 Å². The van der Waals surface area contributed by atoms with Gasteiger partial charge in [0.2, 0.25) is 0 Å². The van der Waals surface area contributed by atoms with Crippen molar-refractivity contribution in [1.82, 2.24) is 0 Å². The molecule has 0 aromatic heterocycles. The Balaban J connectivity index is 1.46. The first kappa shape index (κ1) is 28.2. The second-order valence-corrected chi connectivity index (χ2v) is 12.3. The molecule has 0 aliphatic heterocycles. The second kappa shape index (κ2) is 10.5. The van der Waals surface area contributed by atoms with E-state index in [9.17, 15) is 9.90 Å². The first-order valence-corrected chi connectivity index (χ1v) is 16.0. The maximum Gasteiger partial charge on any atom is 0.335 e. The largest absolute Gasteiger partial charge is 0.478 e. The highest BCUT2D eigenvalue weighted by molar-refractivity contribution is 5.92. The van der Waals surface area contributed by atoms with Gasteiger partial charge in [-0.05, 0) is 113 Å². The maximum atomic E-state index is 12.1. The summed E-state index contributed by atoms with van der Waals surface area (Å²) in [5, 5.41) is 9.93. The topological polar surface area (TPSA) is 40.5 Å². The first-order chi connectivity index (χ1) is 21.4. The van der Waals surface area contributed by atoms with Gasteiger partial charge in [-0.15, -0.1) is 0 Å². The van der Waals surface area contributed by atoms with Crippen LogP contribution < -0.4 is 4.90 Å². The summed E-state index contributed by atoms with van der Waals surface area (Å²) >= 11 is 0. The molecule has 5 aromatic carbocycles. The van der Waals surface area contributed by atoms with Gasteiger partial charge < -0.3 is 10.0 Å². The molecule has 0 saturated carbocycles. The molecule has 0 spiro atoms. The van der Waals surface area contributed by atoms with E-state index in [1.165, 1.54) is 44.5 Å². The van der Waals surface area contributed by atoms with E-state index in [1.807, 2.05) is 12.1 Å². The van der Waals surface area contributed by atoms with Crippen molar-refractivity contribution < 1.29 is 9.90 Å². The summed E-state index contributed by atoms with van der Waals surface area (Å²) in [6.07, 6.45) is 4.05. The van der Waals surface area contributed by atoms with E-state index in [2.05, 4.69) is 118 Å². The van der Waals surface area contributed by atoms with E-state index in [-0.39, 0.29) is 16.4 Å². The fourth-order valence-electron chi connectivity index (χ4n) is 8.41. The van der Waals surface area contributed by atoms with Crippen molar-refractivity contribution in [2.24, 2.45) is 0 Å². The molecule has 2 aliphatic carbocycles. The van der Waals surface area contributed by atoms with Crippen LogP contribution in [0.3, 0.4) is 0 Å². The highest BCUT2D eigenvalue weighted by Crippen LogP contribution is 2.56. The summed E-state index contributed by atoms with van der Waals surface area (Å²) in [4.78, 5) is 14.4. The van der Waals surface area contributed by atoms with Crippen LogP contribution >= 0.6 is 0 Å². The third kappa shape index (κ3) is 3.85. The lowest BCUT2D eigenvalue weighted by Gasteiger charge is -2.33. The van der Waals surface area contributed by atoms with E-state index in [1.54, 1.807) is 12.1 Å². The van der Waals surface area contributed by atoms with Crippen molar-refractivity contribution in [3.05, 3.63) is 137 Å². The van der Waals surface area contributed by atoms with Gasteiger partial charge in [-0.2, -0.15) is 0 Å². The molecule has 0 bridgehead atoms. The highest BCUT2D eigenvalue weighted by Gasteiger charge is 2.42. The average Bonchev–Trinajstić information content (AvgIpc) is 3.52. The third-order valence-electron chi connectivity index (χ3n) is 10.8. The first-order valence-electron chi connectivity index (χ1n) is 16.0. The monoisotopic (exact) mass is 577 g/mol. The molecule has 0 saturated heterocycles. The lowest BCUT2D eigenvalue weighted by molar-refractivity contribution is 0.0697. The summed E-state index contributed by atoms with van der Waals surface area (Å²) in [5.74, 6) is -0.924. The SMILES string of the molecule is CCC1(CC)c2ccccc2-c2ccc(N(c3cccc(C(=O)O)c3)c3ccc4c(c3)C(CC)(CC)c3ccccc3-4)cc21. The quantitative estimate of drug-likeness (QED) is 0.199. The molecule has 2 aliphatic rings. The zero-order valence-electron chi connectivity index (χ0n) is 26.0. The normalized spacial score (nSPS) is 14.8. The molecule has 5 aromatic rings. The van der Waals surface area contributed by atoms with Crippen LogP contribution in [0.1, 0.15) is 86.0 Å². The third-order valence-corrected chi connectivity index (χ3v) is 10.8. The number of fused-ring (bicyclic) bond motifs is 6. The predicted octanol–water partition coefficient (Wildman–Crippen LogP) is 11.0. The Hall–Kier alpha value is -4.63. The Bertz CT molecular complexity index is 1800. The molecule has 220 valence electrons. The Morgan fingerprint density at radius 3 is 1.41 bits per heavy atom. The standard InChI is InChI=1S/C41H39NO2/c1-5-40(6-2)35-18-11-9-16-31(35)33-22-20-29(25-37(33)40)42(28-15-13-14-27(24-28)39(43)44)30-21-23-34-32-17-10-12-19-36(32)41(7-3,8-4)38(34)26-30/h9-26H,5-8H2,1-4H3,(H,43,44). The maximum absolute atomic E-state index is 12.1. The van der Waals surface area contributed by atoms with Crippen LogP contribution in [0.15, 0.2) is 109 Å². The summed E-state index contributed by atoms with van der Waals surface area (Å²) in [6.45, 7) is 9.18. The molecule has 0 heterocycles. The van der Waals surface area contributed by atoms with Gasteiger partial charge >= 0.3 is 5.97 Å². The van der Waals surface area contributed by atoms with Crippen LogP contribution in [0.5, 0.6) is 0 Å². The molecule has 3 nitrogen and oxygen atoms in total. The Morgan fingerprint density at radius 1 is 0.523 bits per heavy atom. The number of anilines is 3. The van der Waals surface area contributed by atoms with Gasteiger partial charge in [-0.25, -0.2) is 4.79 Å². The average molecular weight is 578 g/mol. The second-order valence-electron chi connectivity index (χ2n) is 12.3. The molecular weight excluding hydrogens is 538 g/mol. The summed E-state index contributed by atoms with van der Waals surface area (Å²) in [6, 6.07) is 38.7. The molecule has 0 radical (unpaired) electrons. The minimum absolute atomic E-state index is 0.0598. The van der Waals surface area contributed by atoms with Crippen LogP contribution in [0.4, 0.5) is 17.1 Å². The molecule has 1 N–H and O–H groups in total. The number of nitrogens with zero attached hydrogens (tertiary/aromatic N) is 1. The number of carbonyl (C=O) groups is 1. The summed E-state index contributed by atoms with van der Waals surface area (Å²) in [7, 11) is 0. The van der Waals surface area contributed by atoms with Crippen molar-refractivity contribution in [3.63, 3.8) is 0 Å². The van der Waals surface area contributed by atoms with Crippen molar-refractivity contribution in [3.8, 4) is 22.3 Å². The number of hydrogen-bond donors (Lipinski definition) is 1. The van der Waals surface area contributed by atoms with Gasteiger partial charge in [0.1, 0.15) is 0 Å². The lowest BCUT2D eigenvalue weighted by atomic mass is 9.73. The van der Waals surface area contributed by atoms with Gasteiger partial charge in [0, 0.05) is 27.9 Å². The fraction of sp³-hybridized carbons (Fsp3) is 0.244. The smallest absolute Gasteiger partial charge is 0.335 e. The zero-order chi connectivity index (χ0) is 30.6. The van der Waals surface area contributed by atoms with Gasteiger partial charge in [0.25, 0.3) is 0 Å². The van der Waals surface area contributed by atoms with Crippen molar-refractivity contribution in [2.45, 2.75) is 64.2 Å². The minimum atomic E-state index is -0.924. The van der Waals surface area contributed by atoms with Gasteiger partial charge in [0.15, 0.2) is 0 Å². The van der Waals surface area contributed by atoms with E-state index < -0.39 is 5.97 Å². The van der Waals surface area contributed by atoms with Crippen LogP contribution in [-0.2, 0) is 10.8 Å². The molecular formula is C41H39NO2. The lowest BCUT2D eigenvalue weighted by Crippen LogP contribution is -2.24. The molecule has 0 amide bonds. The summed E-state index contributed by atoms with van der Waals surface area (Å²) < 4.78 is 0. The van der Waals surface area contributed by atoms with Gasteiger partial charge in [0.05, 0.1) is 5.56 Å². The van der Waals surface area contributed by atoms with Crippen LogP contribution in [-0.4, -0.2) is 11.1 Å². The Morgan fingerprint density at radius 2 is 0.955 bits per heavy atom. The number of benzene rings is 5. The number of hydrogen-bond acceptors (Lipinski definition) is 2. The molecule has 0 atom stereocenters. The van der Waals surface area contributed by atoms with Gasteiger partial charge in [-0.3, -0.25) is 0 Å². The Kier molecular flexibility index (Phi) is 6.73. The molecule has 3 heteroatoms. The van der Waals surface area contributed by atoms with Crippen molar-refractivity contribution >= 4 is 23.0 Å². The minimum Gasteiger partial charge on any atom is -0.478 e. The van der Waals surface area contributed by atoms with Crippen molar-refractivity contribution in [2.75, 3.05) is 4.90 Å². The van der Waals surface area contributed by atoms with Crippen molar-refractivity contribution in [1.29, 1.82) is 0 Å². The summed E-state index contributed by atoms with van der Waals surface area (Å²) in [5.41, 5.74) is 13.8. The van der Waals surface area contributed by atoms with Crippen LogP contribution in [0.2, 0.25) is 0 Å². The molecule has 7 rings (SSSR count). The van der Waals surface area contributed by atoms with Crippen LogP contribution in [0.25, 0.3) is 22.3 Å². The van der Waals surface area contributed by atoms with Crippen LogP contribution in [0, 0.1) is 0 Å². The predicted molar refractivity (Wildman–Crippen MR) is 182 cm³/mol. The number of rotatable bonds is 8. The number of aromatic carboxylic acids is 1. The number of carboxylic acid groups (broad SMARTS) is 1. The van der Waals surface area contributed by atoms with E-state index >= 15 is 0 Å². The van der Waals surface area contributed by atoms with E-state index in [0.29, 0.717) is 0 Å². The molecule has 44 heavy (non-hydrogen) atoms. The molecule has 0 unspecified atom stereocenters. The molecule has 0 fully saturated rings. The fourth-order valence-corrected chi connectivity index (χ4v) is 8.41. The zero-order valence-corrected chi connectivity index (χ0v) is 26.0.